The average molecular weight is 438 g/mol. The lowest BCUT2D eigenvalue weighted by atomic mass is 9.90. The molecule has 0 unspecified atom stereocenters. The molecule has 0 N–H and O–H groups in total. The van der Waals surface area contributed by atoms with Crippen LogP contribution in [0.1, 0.15) is 44.0 Å². The number of carbonyl (C=O) groups excluding carboxylic acids is 3. The van der Waals surface area contributed by atoms with E-state index in [1.807, 2.05) is 30.6 Å². The van der Waals surface area contributed by atoms with E-state index in [1.165, 1.54) is 12.1 Å². The highest BCUT2D eigenvalue weighted by atomic mass is 35.5. The van der Waals surface area contributed by atoms with Crippen molar-refractivity contribution in [2.75, 3.05) is 39.3 Å². The molecule has 0 aromatic heterocycles. The third-order valence-corrected chi connectivity index (χ3v) is 6.13. The van der Waals surface area contributed by atoms with E-state index in [4.69, 9.17) is 11.6 Å². The molecule has 0 aliphatic carbocycles. The topological polar surface area (TPSA) is 60.9 Å². The summed E-state index contributed by atoms with van der Waals surface area (Å²) < 4.78 is 13.2. The standard InChI is InChI=1S/C22H29ClFN3O3/c1-22(2,3)21(30)27-8-6-15(7-9-27)19(28)25-10-12-26(13-11-25)20(29)17-5-4-16(24)14-18(17)23/h4-5,14-15H,6-13H2,1-3H3. The molecule has 6 nitrogen and oxygen atoms in total. The lowest BCUT2D eigenvalue weighted by molar-refractivity contribution is -0.145. The SMILES string of the molecule is CC(C)(C)C(=O)N1CCC(C(=O)N2CCN(C(=O)c3ccc(F)cc3Cl)CC2)CC1. The van der Waals surface area contributed by atoms with Gasteiger partial charge in [-0.1, -0.05) is 32.4 Å². The average Bonchev–Trinajstić information content (AvgIpc) is 2.72. The fourth-order valence-electron chi connectivity index (χ4n) is 4.03. The minimum Gasteiger partial charge on any atom is -0.342 e. The fourth-order valence-corrected chi connectivity index (χ4v) is 4.27. The second-order valence-corrected chi connectivity index (χ2v) is 9.47. The summed E-state index contributed by atoms with van der Waals surface area (Å²) in [5, 5.41) is 0.0927. The highest BCUT2D eigenvalue weighted by Crippen LogP contribution is 2.25. The zero-order valence-corrected chi connectivity index (χ0v) is 18.5. The number of piperidine rings is 1. The van der Waals surface area contributed by atoms with Crippen LogP contribution in [0.3, 0.4) is 0 Å². The van der Waals surface area contributed by atoms with E-state index in [-0.39, 0.29) is 34.2 Å². The highest BCUT2D eigenvalue weighted by Gasteiger charge is 2.35. The van der Waals surface area contributed by atoms with Crippen LogP contribution in [0.15, 0.2) is 18.2 Å². The van der Waals surface area contributed by atoms with Crippen molar-refractivity contribution in [3.63, 3.8) is 0 Å². The molecule has 30 heavy (non-hydrogen) atoms. The third-order valence-electron chi connectivity index (χ3n) is 5.81. The fraction of sp³-hybridized carbons (Fsp3) is 0.591. The lowest BCUT2D eigenvalue weighted by Gasteiger charge is -2.39. The second-order valence-electron chi connectivity index (χ2n) is 9.06. The van der Waals surface area contributed by atoms with Crippen molar-refractivity contribution in [1.82, 2.24) is 14.7 Å². The summed E-state index contributed by atoms with van der Waals surface area (Å²) in [4.78, 5) is 43.3. The van der Waals surface area contributed by atoms with Crippen LogP contribution in [0.2, 0.25) is 5.02 Å². The maximum atomic E-state index is 13.2. The molecule has 3 amide bonds. The molecule has 3 rings (SSSR count). The quantitative estimate of drug-likeness (QED) is 0.714. The molecule has 1 aromatic carbocycles. The van der Waals surface area contributed by atoms with Crippen molar-refractivity contribution in [2.24, 2.45) is 11.3 Å². The van der Waals surface area contributed by atoms with Gasteiger partial charge in [0.2, 0.25) is 11.8 Å². The first-order valence-corrected chi connectivity index (χ1v) is 10.8. The largest absolute Gasteiger partial charge is 0.342 e. The van der Waals surface area contributed by atoms with Gasteiger partial charge in [0, 0.05) is 50.6 Å². The first-order valence-electron chi connectivity index (χ1n) is 10.4. The lowest BCUT2D eigenvalue weighted by Crippen LogP contribution is -2.53. The van der Waals surface area contributed by atoms with E-state index in [2.05, 4.69) is 0 Å². The van der Waals surface area contributed by atoms with Crippen LogP contribution in [0, 0.1) is 17.2 Å². The minimum atomic E-state index is -0.484. The van der Waals surface area contributed by atoms with Crippen LogP contribution in [0.4, 0.5) is 4.39 Å². The Hall–Kier alpha value is -2.15. The number of hydrogen-bond donors (Lipinski definition) is 0. The Morgan fingerprint density at radius 2 is 1.50 bits per heavy atom. The Morgan fingerprint density at radius 3 is 2.03 bits per heavy atom. The minimum absolute atomic E-state index is 0.0807. The number of rotatable bonds is 2. The summed E-state index contributed by atoms with van der Waals surface area (Å²) in [7, 11) is 0. The van der Waals surface area contributed by atoms with Gasteiger partial charge in [0.1, 0.15) is 5.82 Å². The monoisotopic (exact) mass is 437 g/mol. The number of carbonyl (C=O) groups is 3. The molecule has 0 atom stereocenters. The molecule has 2 aliphatic heterocycles. The van der Waals surface area contributed by atoms with Gasteiger partial charge in [-0.25, -0.2) is 4.39 Å². The van der Waals surface area contributed by atoms with Gasteiger partial charge in [0.25, 0.3) is 5.91 Å². The Balaban J connectivity index is 1.51. The molecule has 2 saturated heterocycles. The van der Waals surface area contributed by atoms with Gasteiger partial charge < -0.3 is 14.7 Å². The van der Waals surface area contributed by atoms with Crippen LogP contribution < -0.4 is 0 Å². The predicted octanol–water partition coefficient (Wildman–Crippen LogP) is 3.05. The Morgan fingerprint density at radius 1 is 0.933 bits per heavy atom. The van der Waals surface area contributed by atoms with E-state index < -0.39 is 11.2 Å². The molecule has 0 saturated carbocycles. The van der Waals surface area contributed by atoms with Gasteiger partial charge in [0.15, 0.2) is 0 Å². The zero-order chi connectivity index (χ0) is 22.1. The van der Waals surface area contributed by atoms with Crippen molar-refractivity contribution in [1.29, 1.82) is 0 Å². The molecule has 0 bridgehead atoms. The van der Waals surface area contributed by atoms with E-state index in [0.29, 0.717) is 52.1 Å². The van der Waals surface area contributed by atoms with E-state index >= 15 is 0 Å². The molecule has 2 fully saturated rings. The molecule has 8 heteroatoms. The number of hydrogen-bond acceptors (Lipinski definition) is 3. The number of piperazine rings is 1. The first-order chi connectivity index (χ1) is 14.1. The molecule has 0 radical (unpaired) electrons. The Kier molecular flexibility index (Phi) is 6.70. The molecule has 2 heterocycles. The van der Waals surface area contributed by atoms with Crippen molar-refractivity contribution in [2.45, 2.75) is 33.6 Å². The van der Waals surface area contributed by atoms with Gasteiger partial charge in [-0.05, 0) is 31.0 Å². The summed E-state index contributed by atoms with van der Waals surface area (Å²) in [6.45, 7) is 8.70. The molecule has 164 valence electrons. The zero-order valence-electron chi connectivity index (χ0n) is 17.8. The number of nitrogens with zero attached hydrogens (tertiary/aromatic N) is 3. The van der Waals surface area contributed by atoms with Gasteiger partial charge in [-0.3, -0.25) is 14.4 Å². The number of amides is 3. The van der Waals surface area contributed by atoms with E-state index in [0.717, 1.165) is 6.07 Å². The number of halogens is 2. The molecule has 0 spiro atoms. The van der Waals surface area contributed by atoms with Gasteiger partial charge in [0.05, 0.1) is 10.6 Å². The molecular formula is C22H29ClFN3O3. The molecular weight excluding hydrogens is 409 g/mol. The summed E-state index contributed by atoms with van der Waals surface area (Å²) in [5.41, 5.74) is -0.138. The van der Waals surface area contributed by atoms with E-state index in [9.17, 15) is 18.8 Å². The Labute approximate surface area is 181 Å². The smallest absolute Gasteiger partial charge is 0.255 e. The predicted molar refractivity (Wildman–Crippen MR) is 113 cm³/mol. The van der Waals surface area contributed by atoms with Crippen molar-refractivity contribution < 1.29 is 18.8 Å². The van der Waals surface area contributed by atoms with Crippen LogP contribution >= 0.6 is 11.6 Å². The maximum Gasteiger partial charge on any atom is 0.255 e. The number of benzene rings is 1. The Bertz CT molecular complexity index is 823. The van der Waals surface area contributed by atoms with Crippen molar-refractivity contribution >= 4 is 29.3 Å². The van der Waals surface area contributed by atoms with Gasteiger partial charge in [-0.2, -0.15) is 0 Å². The van der Waals surface area contributed by atoms with Gasteiger partial charge in [-0.15, -0.1) is 0 Å². The van der Waals surface area contributed by atoms with Crippen LogP contribution in [0.25, 0.3) is 0 Å². The number of likely N-dealkylation sites (tertiary alicyclic amines) is 1. The maximum absolute atomic E-state index is 13.2. The third kappa shape index (κ3) is 4.94. The van der Waals surface area contributed by atoms with Crippen molar-refractivity contribution in [3.05, 3.63) is 34.6 Å². The summed E-state index contributed by atoms with van der Waals surface area (Å²) in [5.74, 6) is -0.587. The van der Waals surface area contributed by atoms with Crippen LogP contribution in [-0.4, -0.2) is 71.7 Å². The first kappa shape index (κ1) is 22.5. The molecule has 2 aliphatic rings. The summed E-state index contributed by atoms with van der Waals surface area (Å²) in [6.07, 6.45) is 1.34. The normalized spacial score (nSPS) is 18.5. The summed E-state index contributed by atoms with van der Waals surface area (Å²) >= 11 is 6.01. The highest BCUT2D eigenvalue weighted by molar-refractivity contribution is 6.33. The van der Waals surface area contributed by atoms with Crippen LogP contribution in [-0.2, 0) is 9.59 Å². The summed E-state index contributed by atoms with van der Waals surface area (Å²) in [6, 6.07) is 3.74. The molecule has 1 aromatic rings. The van der Waals surface area contributed by atoms with Gasteiger partial charge >= 0.3 is 0 Å². The second kappa shape index (κ2) is 8.92. The van der Waals surface area contributed by atoms with Crippen molar-refractivity contribution in [3.8, 4) is 0 Å². The van der Waals surface area contributed by atoms with E-state index in [1.54, 1.807) is 4.90 Å². The van der Waals surface area contributed by atoms with Crippen LogP contribution in [0.5, 0.6) is 0 Å².